The second kappa shape index (κ2) is 7.35. The van der Waals surface area contributed by atoms with Gasteiger partial charge in [0.1, 0.15) is 12.4 Å². The number of ether oxygens (including phenoxy) is 1. The number of rotatable bonds is 4. The van der Waals surface area contributed by atoms with E-state index < -0.39 is 0 Å². The van der Waals surface area contributed by atoms with Crippen LogP contribution < -0.4 is 4.74 Å². The first-order valence-electron chi connectivity index (χ1n) is 8.61. The Morgan fingerprint density at radius 2 is 2.00 bits per heavy atom. The van der Waals surface area contributed by atoms with Gasteiger partial charge in [-0.05, 0) is 24.3 Å². The zero-order valence-electron chi connectivity index (χ0n) is 14.2. The molecule has 3 aromatic rings. The van der Waals surface area contributed by atoms with Crippen molar-refractivity contribution in [2.45, 2.75) is 18.9 Å². The first-order valence-corrected chi connectivity index (χ1v) is 8.61. The van der Waals surface area contributed by atoms with Crippen molar-refractivity contribution in [3.63, 3.8) is 0 Å². The van der Waals surface area contributed by atoms with E-state index in [1.807, 2.05) is 41.4 Å². The highest BCUT2D eigenvalue weighted by molar-refractivity contribution is 5.94. The molecule has 1 aliphatic heterocycles. The van der Waals surface area contributed by atoms with Crippen molar-refractivity contribution in [1.29, 1.82) is 0 Å². The molecule has 132 valence electrons. The minimum absolute atomic E-state index is 0.0412. The van der Waals surface area contributed by atoms with Gasteiger partial charge in [0.15, 0.2) is 0 Å². The van der Waals surface area contributed by atoms with E-state index in [9.17, 15) is 4.79 Å². The molecular weight excluding hydrogens is 330 g/mol. The van der Waals surface area contributed by atoms with Crippen molar-refractivity contribution in [2.75, 3.05) is 13.1 Å². The van der Waals surface area contributed by atoms with Gasteiger partial charge in [-0.2, -0.15) is 5.10 Å². The summed E-state index contributed by atoms with van der Waals surface area (Å²) in [5, 5.41) is 4.21. The molecule has 0 atom stereocenters. The van der Waals surface area contributed by atoms with Crippen LogP contribution in [0.2, 0.25) is 0 Å². The van der Waals surface area contributed by atoms with Gasteiger partial charge in [-0.15, -0.1) is 0 Å². The predicted octanol–water partition coefficient (Wildman–Crippen LogP) is 2.35. The van der Waals surface area contributed by atoms with Crippen LogP contribution >= 0.6 is 0 Å². The van der Waals surface area contributed by atoms with E-state index >= 15 is 0 Å². The summed E-state index contributed by atoms with van der Waals surface area (Å²) in [4.78, 5) is 22.7. The number of carbonyl (C=O) groups is 1. The number of carbonyl (C=O) groups excluding carboxylic acids is 1. The predicted molar refractivity (Wildman–Crippen MR) is 95.1 cm³/mol. The Bertz CT molecular complexity index is 859. The quantitative estimate of drug-likeness (QED) is 0.723. The van der Waals surface area contributed by atoms with Gasteiger partial charge < -0.3 is 9.64 Å². The minimum Gasteiger partial charge on any atom is -0.474 e. The third-order valence-corrected chi connectivity index (χ3v) is 4.43. The highest BCUT2D eigenvalue weighted by atomic mass is 16.5. The normalized spacial score (nSPS) is 15.0. The van der Waals surface area contributed by atoms with Crippen LogP contribution in [-0.4, -0.2) is 49.7 Å². The van der Waals surface area contributed by atoms with Crippen molar-refractivity contribution in [1.82, 2.24) is 24.6 Å². The number of benzene rings is 1. The summed E-state index contributed by atoms with van der Waals surface area (Å²) in [5.74, 6) is 0.621. The number of aromatic nitrogens is 4. The zero-order valence-corrected chi connectivity index (χ0v) is 14.2. The van der Waals surface area contributed by atoms with Gasteiger partial charge in [-0.3, -0.25) is 4.79 Å². The summed E-state index contributed by atoms with van der Waals surface area (Å²) in [6, 6.07) is 11.1. The zero-order chi connectivity index (χ0) is 17.8. The summed E-state index contributed by atoms with van der Waals surface area (Å²) < 4.78 is 7.61. The fraction of sp³-hybridized carbons (Fsp3) is 0.263. The molecule has 1 aliphatic rings. The van der Waals surface area contributed by atoms with E-state index in [-0.39, 0.29) is 12.0 Å². The molecule has 0 aliphatic carbocycles. The number of piperidine rings is 1. The number of hydrogen-bond donors (Lipinski definition) is 0. The molecular formula is C19H19N5O2. The molecule has 4 rings (SSSR count). The Balaban J connectivity index is 1.39. The third-order valence-electron chi connectivity index (χ3n) is 4.43. The van der Waals surface area contributed by atoms with E-state index in [0.717, 1.165) is 18.5 Å². The highest BCUT2D eigenvalue weighted by Crippen LogP contribution is 2.19. The lowest BCUT2D eigenvalue weighted by atomic mass is 10.1. The van der Waals surface area contributed by atoms with Gasteiger partial charge in [0, 0.05) is 56.2 Å². The molecule has 1 saturated heterocycles. The summed E-state index contributed by atoms with van der Waals surface area (Å²) in [5.41, 5.74) is 1.55. The Morgan fingerprint density at radius 1 is 1.12 bits per heavy atom. The topological polar surface area (TPSA) is 73.1 Å². The van der Waals surface area contributed by atoms with Crippen LogP contribution in [0.15, 0.2) is 61.3 Å². The van der Waals surface area contributed by atoms with Gasteiger partial charge in [0.2, 0.25) is 5.88 Å². The number of hydrogen-bond acceptors (Lipinski definition) is 5. The SMILES string of the molecule is O=C(c1cccc(-n2cccn2)c1)N1CCC(Oc2ccncn2)CC1. The molecule has 0 spiro atoms. The van der Waals surface area contributed by atoms with Crippen molar-refractivity contribution in [2.24, 2.45) is 0 Å². The molecule has 0 saturated carbocycles. The standard InChI is InChI=1S/C19H19N5O2/c25-19(15-3-1-4-16(13-15)24-10-2-8-22-24)23-11-6-17(7-12-23)26-18-5-9-20-14-21-18/h1-5,8-10,13-14,17H,6-7,11-12H2. The van der Waals surface area contributed by atoms with Crippen LogP contribution in [0, 0.1) is 0 Å². The Morgan fingerprint density at radius 3 is 2.73 bits per heavy atom. The molecule has 0 radical (unpaired) electrons. The minimum atomic E-state index is 0.0412. The van der Waals surface area contributed by atoms with Crippen LogP contribution in [0.25, 0.3) is 5.69 Å². The Kier molecular flexibility index (Phi) is 4.59. The molecule has 0 N–H and O–H groups in total. The molecule has 26 heavy (non-hydrogen) atoms. The lowest BCUT2D eigenvalue weighted by Crippen LogP contribution is -2.41. The van der Waals surface area contributed by atoms with Crippen molar-refractivity contribution in [3.8, 4) is 11.6 Å². The van der Waals surface area contributed by atoms with Gasteiger partial charge in [-0.1, -0.05) is 6.07 Å². The lowest BCUT2D eigenvalue weighted by molar-refractivity contribution is 0.0587. The average molecular weight is 349 g/mol. The second-order valence-electron chi connectivity index (χ2n) is 6.16. The van der Waals surface area contributed by atoms with Crippen molar-refractivity contribution in [3.05, 3.63) is 66.9 Å². The van der Waals surface area contributed by atoms with Crippen molar-refractivity contribution >= 4 is 5.91 Å². The Labute approximate surface area is 151 Å². The molecule has 0 unspecified atom stereocenters. The highest BCUT2D eigenvalue weighted by Gasteiger charge is 2.25. The maximum atomic E-state index is 12.8. The summed E-state index contributed by atoms with van der Waals surface area (Å²) >= 11 is 0. The summed E-state index contributed by atoms with van der Waals surface area (Å²) in [7, 11) is 0. The van der Waals surface area contributed by atoms with Crippen LogP contribution in [-0.2, 0) is 0 Å². The fourth-order valence-electron chi connectivity index (χ4n) is 3.08. The van der Waals surface area contributed by atoms with Gasteiger partial charge in [0.25, 0.3) is 5.91 Å². The number of amides is 1. The van der Waals surface area contributed by atoms with Gasteiger partial charge in [0.05, 0.1) is 5.69 Å². The largest absolute Gasteiger partial charge is 0.474 e. The maximum absolute atomic E-state index is 12.8. The first kappa shape index (κ1) is 16.3. The first-order chi connectivity index (χ1) is 12.8. The van der Waals surface area contributed by atoms with Crippen LogP contribution in [0.5, 0.6) is 5.88 Å². The average Bonchev–Trinajstić information content (AvgIpc) is 3.24. The molecule has 1 aromatic carbocycles. The van der Waals surface area contributed by atoms with E-state index in [1.165, 1.54) is 6.33 Å². The van der Waals surface area contributed by atoms with E-state index in [2.05, 4.69) is 15.1 Å². The molecule has 1 amide bonds. The van der Waals surface area contributed by atoms with Crippen molar-refractivity contribution < 1.29 is 9.53 Å². The number of likely N-dealkylation sites (tertiary alicyclic amines) is 1. The third kappa shape index (κ3) is 3.56. The molecule has 3 heterocycles. The van der Waals surface area contributed by atoms with E-state index in [1.54, 1.807) is 23.1 Å². The maximum Gasteiger partial charge on any atom is 0.253 e. The van der Waals surface area contributed by atoms with Crippen LogP contribution in [0.3, 0.4) is 0 Å². The smallest absolute Gasteiger partial charge is 0.253 e. The van der Waals surface area contributed by atoms with Crippen LogP contribution in [0.1, 0.15) is 23.2 Å². The monoisotopic (exact) mass is 349 g/mol. The number of nitrogens with zero attached hydrogens (tertiary/aromatic N) is 5. The molecule has 7 heteroatoms. The summed E-state index contributed by atoms with van der Waals surface area (Å²) in [6.45, 7) is 1.33. The van der Waals surface area contributed by atoms with E-state index in [4.69, 9.17) is 4.74 Å². The summed E-state index contributed by atoms with van der Waals surface area (Å²) in [6.07, 6.45) is 8.36. The Hall–Kier alpha value is -3.22. The molecule has 1 fully saturated rings. The van der Waals surface area contributed by atoms with Crippen LogP contribution in [0.4, 0.5) is 0 Å². The second-order valence-corrected chi connectivity index (χ2v) is 6.16. The van der Waals surface area contributed by atoms with Gasteiger partial charge in [-0.25, -0.2) is 14.6 Å². The fourth-order valence-corrected chi connectivity index (χ4v) is 3.08. The van der Waals surface area contributed by atoms with E-state index in [0.29, 0.717) is 24.5 Å². The molecule has 2 aromatic heterocycles. The van der Waals surface area contributed by atoms with Gasteiger partial charge >= 0.3 is 0 Å². The lowest BCUT2D eigenvalue weighted by Gasteiger charge is -2.32. The molecule has 7 nitrogen and oxygen atoms in total. The molecule has 0 bridgehead atoms.